The highest BCUT2D eigenvalue weighted by Crippen LogP contribution is 2.29. The lowest BCUT2D eigenvalue weighted by Gasteiger charge is -2.28. The number of amides is 1. The summed E-state index contributed by atoms with van der Waals surface area (Å²) in [6.45, 7) is 4.64. The summed E-state index contributed by atoms with van der Waals surface area (Å²) in [5.41, 5.74) is 5.02. The number of carbonyl (C=O) groups excluding carboxylic acids is 1. The van der Waals surface area contributed by atoms with Gasteiger partial charge >= 0.3 is 0 Å². The number of aromatic nitrogens is 4. The number of tetrazole rings is 1. The Bertz CT molecular complexity index is 1190. The predicted octanol–water partition coefficient (Wildman–Crippen LogP) is 4.07. The second-order valence-corrected chi connectivity index (χ2v) is 7.93. The smallest absolute Gasteiger partial charge is 0.290 e. The molecule has 1 aliphatic rings. The van der Waals surface area contributed by atoms with Gasteiger partial charge in [-0.2, -0.15) is 4.52 Å². The van der Waals surface area contributed by atoms with Crippen LogP contribution in [0.2, 0.25) is 0 Å². The van der Waals surface area contributed by atoms with Gasteiger partial charge in [-0.05, 0) is 78.6 Å². The molecule has 1 saturated carbocycles. The van der Waals surface area contributed by atoms with Crippen molar-refractivity contribution in [3.63, 3.8) is 0 Å². The first-order valence-electron chi connectivity index (χ1n) is 10.1. The molecule has 7 heteroatoms. The molecular weight excluding hydrogens is 366 g/mol. The molecular formula is C22H23N5O2. The molecule has 3 aromatic heterocycles. The fourth-order valence-electron chi connectivity index (χ4n) is 4.35. The zero-order valence-electron chi connectivity index (χ0n) is 16.6. The molecule has 29 heavy (non-hydrogen) atoms. The lowest BCUT2D eigenvalue weighted by Crippen LogP contribution is -2.38. The fourth-order valence-corrected chi connectivity index (χ4v) is 4.35. The van der Waals surface area contributed by atoms with Gasteiger partial charge in [0.05, 0.1) is 18.3 Å². The summed E-state index contributed by atoms with van der Waals surface area (Å²) in [6, 6.07) is 10.1. The molecule has 0 spiro atoms. The van der Waals surface area contributed by atoms with E-state index in [1.165, 1.54) is 11.1 Å². The third kappa shape index (κ3) is 3.06. The maximum atomic E-state index is 13.2. The summed E-state index contributed by atoms with van der Waals surface area (Å²) in [5.74, 6) is 0.299. The Balaban J connectivity index is 1.61. The summed E-state index contributed by atoms with van der Waals surface area (Å²) in [5, 5.41) is 13.4. The van der Waals surface area contributed by atoms with Crippen molar-refractivity contribution in [2.75, 3.05) is 0 Å². The zero-order valence-corrected chi connectivity index (χ0v) is 16.6. The number of rotatable bonds is 4. The number of pyridine rings is 1. The Morgan fingerprint density at radius 1 is 1.21 bits per heavy atom. The molecule has 0 saturated heterocycles. The van der Waals surface area contributed by atoms with Crippen molar-refractivity contribution < 1.29 is 9.21 Å². The Morgan fingerprint density at radius 3 is 2.76 bits per heavy atom. The standard InChI is InChI=1S/C22H23N5O2/c1-14-10-16-12-17(21-23-24-25-27(21)19(16)11-15(14)2)13-26(18-6-3-4-7-18)22(28)20-8-5-9-29-20/h5,8-12,18H,3-4,6-7,13H2,1-2H3. The zero-order chi connectivity index (χ0) is 20.0. The number of aryl methyl sites for hydroxylation is 2. The van der Waals surface area contributed by atoms with Crippen LogP contribution < -0.4 is 0 Å². The third-order valence-electron chi connectivity index (χ3n) is 6.06. The van der Waals surface area contributed by atoms with Crippen molar-refractivity contribution in [1.82, 2.24) is 24.9 Å². The summed E-state index contributed by atoms with van der Waals surface area (Å²) in [7, 11) is 0. The average Bonchev–Trinajstić information content (AvgIpc) is 3.49. The molecule has 7 nitrogen and oxygen atoms in total. The van der Waals surface area contributed by atoms with Crippen molar-refractivity contribution in [3.05, 3.63) is 59.0 Å². The quantitative estimate of drug-likeness (QED) is 0.526. The highest BCUT2D eigenvalue weighted by Gasteiger charge is 2.30. The van der Waals surface area contributed by atoms with Crippen LogP contribution in [0.5, 0.6) is 0 Å². The van der Waals surface area contributed by atoms with E-state index in [4.69, 9.17) is 4.42 Å². The van der Waals surface area contributed by atoms with Crippen LogP contribution >= 0.6 is 0 Å². The molecule has 0 N–H and O–H groups in total. The minimum Gasteiger partial charge on any atom is -0.459 e. The van der Waals surface area contributed by atoms with Crippen LogP contribution in [0.25, 0.3) is 16.6 Å². The van der Waals surface area contributed by atoms with E-state index in [0.717, 1.165) is 42.1 Å². The van der Waals surface area contributed by atoms with Gasteiger partial charge in [0.1, 0.15) is 0 Å². The molecule has 1 amide bonds. The number of benzene rings is 1. The van der Waals surface area contributed by atoms with Gasteiger partial charge in [-0.15, -0.1) is 5.10 Å². The number of hydrogen-bond donors (Lipinski definition) is 0. The topological polar surface area (TPSA) is 76.5 Å². The Kier molecular flexibility index (Phi) is 4.30. The van der Waals surface area contributed by atoms with Gasteiger partial charge in [0.25, 0.3) is 5.91 Å². The van der Waals surface area contributed by atoms with E-state index in [2.05, 4.69) is 47.6 Å². The van der Waals surface area contributed by atoms with E-state index in [-0.39, 0.29) is 11.9 Å². The van der Waals surface area contributed by atoms with E-state index in [9.17, 15) is 4.79 Å². The van der Waals surface area contributed by atoms with Gasteiger partial charge in [-0.3, -0.25) is 4.79 Å². The first-order valence-corrected chi connectivity index (χ1v) is 10.1. The third-order valence-corrected chi connectivity index (χ3v) is 6.06. The summed E-state index contributed by atoms with van der Waals surface area (Å²) in [6.07, 6.45) is 5.86. The Morgan fingerprint density at radius 2 is 2.00 bits per heavy atom. The number of hydrogen-bond acceptors (Lipinski definition) is 5. The van der Waals surface area contributed by atoms with Crippen molar-refractivity contribution in [2.45, 2.75) is 52.1 Å². The SMILES string of the molecule is Cc1cc2cc(CN(C(=O)c3ccco3)C3CCCC3)c3nnnn3c2cc1C. The monoisotopic (exact) mass is 389 g/mol. The first kappa shape index (κ1) is 17.8. The first-order chi connectivity index (χ1) is 14.1. The van der Waals surface area contributed by atoms with Gasteiger partial charge in [0, 0.05) is 17.0 Å². The molecule has 1 aromatic carbocycles. The summed E-state index contributed by atoms with van der Waals surface area (Å²) < 4.78 is 7.19. The van der Waals surface area contributed by atoms with Crippen LogP contribution in [0.15, 0.2) is 41.0 Å². The van der Waals surface area contributed by atoms with E-state index >= 15 is 0 Å². The maximum absolute atomic E-state index is 13.2. The van der Waals surface area contributed by atoms with Crippen molar-refractivity contribution in [1.29, 1.82) is 0 Å². The largest absolute Gasteiger partial charge is 0.459 e. The van der Waals surface area contributed by atoms with E-state index in [0.29, 0.717) is 18.0 Å². The lowest BCUT2D eigenvalue weighted by molar-refractivity contribution is 0.0632. The van der Waals surface area contributed by atoms with Crippen molar-refractivity contribution in [2.24, 2.45) is 0 Å². The van der Waals surface area contributed by atoms with Crippen LogP contribution in [-0.2, 0) is 6.54 Å². The number of carbonyl (C=O) groups is 1. The normalized spacial score (nSPS) is 14.8. The van der Waals surface area contributed by atoms with E-state index in [1.807, 2.05) is 4.90 Å². The van der Waals surface area contributed by atoms with Crippen LogP contribution in [-0.4, -0.2) is 36.9 Å². The molecule has 0 atom stereocenters. The Labute approximate surface area is 168 Å². The van der Waals surface area contributed by atoms with Crippen LogP contribution in [0.3, 0.4) is 0 Å². The van der Waals surface area contributed by atoms with Gasteiger partial charge in [0.15, 0.2) is 11.4 Å². The molecule has 1 fully saturated rings. The molecule has 0 unspecified atom stereocenters. The lowest BCUT2D eigenvalue weighted by atomic mass is 10.0. The molecule has 3 heterocycles. The van der Waals surface area contributed by atoms with Crippen LogP contribution in [0.1, 0.15) is 52.9 Å². The highest BCUT2D eigenvalue weighted by molar-refractivity contribution is 5.92. The predicted molar refractivity (Wildman–Crippen MR) is 109 cm³/mol. The average molecular weight is 389 g/mol. The van der Waals surface area contributed by atoms with Crippen molar-refractivity contribution in [3.8, 4) is 0 Å². The molecule has 0 radical (unpaired) electrons. The Hall–Kier alpha value is -3.22. The molecule has 4 aromatic rings. The minimum absolute atomic E-state index is 0.0762. The van der Waals surface area contributed by atoms with Crippen LogP contribution in [0.4, 0.5) is 0 Å². The molecule has 0 bridgehead atoms. The van der Waals surface area contributed by atoms with E-state index in [1.54, 1.807) is 22.9 Å². The molecule has 5 rings (SSSR count). The number of furan rings is 1. The maximum Gasteiger partial charge on any atom is 0.290 e. The van der Waals surface area contributed by atoms with Gasteiger partial charge in [-0.1, -0.05) is 12.8 Å². The van der Waals surface area contributed by atoms with Gasteiger partial charge in [-0.25, -0.2) is 0 Å². The summed E-state index contributed by atoms with van der Waals surface area (Å²) >= 11 is 0. The minimum atomic E-state index is -0.0762. The second-order valence-electron chi connectivity index (χ2n) is 7.93. The summed E-state index contributed by atoms with van der Waals surface area (Å²) in [4.78, 5) is 15.1. The van der Waals surface area contributed by atoms with Gasteiger partial charge in [0.2, 0.25) is 0 Å². The molecule has 1 aliphatic carbocycles. The van der Waals surface area contributed by atoms with Gasteiger partial charge < -0.3 is 9.32 Å². The fraction of sp³-hybridized carbons (Fsp3) is 0.364. The van der Waals surface area contributed by atoms with E-state index < -0.39 is 0 Å². The number of nitrogens with zero attached hydrogens (tertiary/aromatic N) is 5. The van der Waals surface area contributed by atoms with Crippen molar-refractivity contribution >= 4 is 22.5 Å². The number of fused-ring (bicyclic) bond motifs is 3. The molecule has 0 aliphatic heterocycles. The highest BCUT2D eigenvalue weighted by atomic mass is 16.3. The second kappa shape index (κ2) is 6.99. The molecule has 148 valence electrons. The van der Waals surface area contributed by atoms with Crippen LogP contribution in [0, 0.1) is 13.8 Å².